The molecule has 43 heavy (non-hydrogen) atoms. The van der Waals surface area contributed by atoms with Crippen LogP contribution in [0.25, 0.3) is 0 Å². The number of imide groups is 1. The maximum absolute atomic E-state index is 14.2. The van der Waals surface area contributed by atoms with Crippen molar-refractivity contribution in [3.05, 3.63) is 101 Å². The summed E-state index contributed by atoms with van der Waals surface area (Å²) in [5, 5.41) is 0. The van der Waals surface area contributed by atoms with Crippen LogP contribution in [0, 0.1) is 11.8 Å². The van der Waals surface area contributed by atoms with Crippen LogP contribution in [0.3, 0.4) is 0 Å². The Morgan fingerprint density at radius 3 is 1.51 bits per heavy atom. The molecule has 2 amide bonds. The van der Waals surface area contributed by atoms with Gasteiger partial charge in [-0.3, -0.25) is 9.59 Å². The highest BCUT2D eigenvalue weighted by atomic mass is 16.5. The number of ether oxygens (including phenoxy) is 1. The number of unbranched alkanes of at least 4 members (excludes halogenated alkanes) is 10. The van der Waals surface area contributed by atoms with Crippen LogP contribution in [-0.4, -0.2) is 24.4 Å². The maximum atomic E-state index is 14.2. The first kappa shape index (κ1) is 29.3. The smallest absolute Gasteiger partial charge is 0.340 e. The Kier molecular flexibility index (Phi) is 9.06. The Labute approximate surface area is 255 Å². The number of benzene rings is 3. The first-order valence-electron chi connectivity index (χ1n) is 16.4. The van der Waals surface area contributed by atoms with Crippen molar-refractivity contribution < 1.29 is 19.1 Å². The van der Waals surface area contributed by atoms with Gasteiger partial charge in [0, 0.05) is 11.8 Å². The van der Waals surface area contributed by atoms with E-state index in [0.717, 1.165) is 41.5 Å². The summed E-state index contributed by atoms with van der Waals surface area (Å²) in [7, 11) is 0. The monoisotopic (exact) mass is 577 g/mol. The molecule has 2 bridgehead atoms. The number of hydrogen-bond acceptors (Lipinski definition) is 4. The third-order valence-corrected chi connectivity index (χ3v) is 9.79. The molecule has 1 heterocycles. The third-order valence-electron chi connectivity index (χ3n) is 9.79. The minimum Gasteiger partial charge on any atom is -0.462 e. The number of amides is 2. The lowest BCUT2D eigenvalue weighted by atomic mass is 9.55. The van der Waals surface area contributed by atoms with E-state index in [9.17, 15) is 14.4 Å². The Morgan fingerprint density at radius 1 is 0.605 bits per heavy atom. The van der Waals surface area contributed by atoms with Gasteiger partial charge in [-0.2, -0.15) is 0 Å². The zero-order valence-corrected chi connectivity index (χ0v) is 25.3. The van der Waals surface area contributed by atoms with E-state index in [1.165, 1.54) is 56.3 Å². The minimum absolute atomic E-state index is 0.177. The van der Waals surface area contributed by atoms with Crippen LogP contribution in [0.4, 0.5) is 5.69 Å². The Bertz CT molecular complexity index is 1360. The molecule has 5 heteroatoms. The van der Waals surface area contributed by atoms with Crippen LogP contribution < -0.4 is 4.90 Å². The average Bonchev–Trinajstić information content (AvgIpc) is 3.31. The SMILES string of the molecule is CCCCCCCCCCCCCOC(=O)c1ccccc1N1C(=O)[C@H]2C3c4ccccc4C(c4ccccc43)[C@@H]2C1=O. The van der Waals surface area contributed by atoms with Crippen molar-refractivity contribution in [1.82, 2.24) is 0 Å². The molecule has 0 spiro atoms. The maximum Gasteiger partial charge on any atom is 0.340 e. The standard InChI is InChI=1S/C38H43NO4/c1-2-3-4-5-6-7-8-9-10-11-18-25-43-38(42)30-23-16-17-24-31(30)39-36(40)34-32-26-19-12-13-20-27(26)33(35(34)37(39)41)29-22-15-14-21-28(29)32/h12-17,19-24,32-35H,2-11,18,25H2,1H3/t32?,33?,34-,35-/m0/s1. The second-order valence-electron chi connectivity index (χ2n) is 12.5. The van der Waals surface area contributed by atoms with Gasteiger partial charge in [0.05, 0.1) is 29.7 Å². The van der Waals surface area contributed by atoms with E-state index in [4.69, 9.17) is 4.74 Å². The number of esters is 1. The number of anilines is 1. The number of hydrogen-bond donors (Lipinski definition) is 0. The molecule has 1 saturated heterocycles. The van der Waals surface area contributed by atoms with Gasteiger partial charge in [0.1, 0.15) is 0 Å². The molecule has 0 unspecified atom stereocenters. The second-order valence-corrected chi connectivity index (χ2v) is 12.5. The molecule has 0 radical (unpaired) electrons. The predicted octanol–water partition coefficient (Wildman–Crippen LogP) is 8.55. The molecule has 224 valence electrons. The second kappa shape index (κ2) is 13.3. The molecular weight excluding hydrogens is 534 g/mol. The van der Waals surface area contributed by atoms with E-state index in [2.05, 4.69) is 31.2 Å². The fourth-order valence-electron chi connectivity index (χ4n) is 7.76. The molecule has 3 aliphatic carbocycles. The summed E-state index contributed by atoms with van der Waals surface area (Å²) in [6.07, 6.45) is 13.5. The van der Waals surface area contributed by atoms with Crippen LogP contribution in [0.5, 0.6) is 0 Å². The summed E-state index contributed by atoms with van der Waals surface area (Å²) in [6.45, 7) is 2.59. The van der Waals surface area contributed by atoms with Gasteiger partial charge in [0.25, 0.3) is 0 Å². The molecule has 4 aliphatic rings. The predicted molar refractivity (Wildman–Crippen MR) is 169 cm³/mol. The third kappa shape index (κ3) is 5.55. The van der Waals surface area contributed by atoms with Crippen molar-refractivity contribution in [1.29, 1.82) is 0 Å². The Hall–Kier alpha value is -3.73. The summed E-state index contributed by atoms with van der Waals surface area (Å²) in [4.78, 5) is 42.9. The molecule has 0 aromatic heterocycles. The zero-order chi connectivity index (χ0) is 29.8. The highest BCUT2D eigenvalue weighted by Crippen LogP contribution is 2.61. The van der Waals surface area contributed by atoms with Crippen LogP contribution >= 0.6 is 0 Å². The van der Waals surface area contributed by atoms with Gasteiger partial charge in [-0.1, -0.05) is 132 Å². The van der Waals surface area contributed by atoms with Gasteiger partial charge in [-0.25, -0.2) is 9.69 Å². The first-order valence-corrected chi connectivity index (χ1v) is 16.4. The summed E-state index contributed by atoms with van der Waals surface area (Å²) in [5.74, 6) is -2.24. The highest BCUT2D eigenvalue weighted by molar-refractivity contribution is 6.25. The molecule has 3 aromatic carbocycles. The van der Waals surface area contributed by atoms with E-state index in [-0.39, 0.29) is 29.2 Å². The lowest BCUT2D eigenvalue weighted by Gasteiger charge is -2.45. The van der Waals surface area contributed by atoms with Gasteiger partial charge >= 0.3 is 5.97 Å². The Balaban J connectivity index is 1.10. The van der Waals surface area contributed by atoms with Crippen molar-refractivity contribution in [2.24, 2.45) is 11.8 Å². The van der Waals surface area contributed by atoms with Crippen LogP contribution in [-0.2, 0) is 14.3 Å². The molecule has 2 atom stereocenters. The van der Waals surface area contributed by atoms with Crippen molar-refractivity contribution in [3.8, 4) is 0 Å². The van der Waals surface area contributed by atoms with Crippen molar-refractivity contribution in [2.45, 2.75) is 89.4 Å². The van der Waals surface area contributed by atoms with Gasteiger partial charge in [-0.05, 0) is 40.8 Å². The van der Waals surface area contributed by atoms with Gasteiger partial charge in [0.2, 0.25) is 11.8 Å². The molecule has 0 saturated carbocycles. The largest absolute Gasteiger partial charge is 0.462 e. The zero-order valence-electron chi connectivity index (χ0n) is 25.3. The quantitative estimate of drug-likeness (QED) is 0.109. The van der Waals surface area contributed by atoms with E-state index in [0.29, 0.717) is 12.3 Å². The first-order chi connectivity index (χ1) is 21.1. The van der Waals surface area contributed by atoms with Crippen molar-refractivity contribution in [2.75, 3.05) is 11.5 Å². The van der Waals surface area contributed by atoms with Crippen LogP contribution in [0.2, 0.25) is 0 Å². The fourth-order valence-corrected chi connectivity index (χ4v) is 7.76. The molecular formula is C38H43NO4. The van der Waals surface area contributed by atoms with E-state index >= 15 is 0 Å². The number of carbonyl (C=O) groups is 3. The molecule has 0 N–H and O–H groups in total. The summed E-state index contributed by atoms with van der Waals surface area (Å²) >= 11 is 0. The molecule has 1 aliphatic heterocycles. The molecule has 3 aromatic rings. The van der Waals surface area contributed by atoms with E-state index < -0.39 is 17.8 Å². The minimum atomic E-state index is -0.484. The lowest BCUT2D eigenvalue weighted by molar-refractivity contribution is -0.122. The molecule has 7 rings (SSSR count). The highest BCUT2D eigenvalue weighted by Gasteiger charge is 2.62. The van der Waals surface area contributed by atoms with E-state index in [1.807, 2.05) is 24.3 Å². The van der Waals surface area contributed by atoms with E-state index in [1.54, 1.807) is 24.3 Å². The number of carbonyl (C=O) groups excluding carboxylic acids is 3. The van der Waals surface area contributed by atoms with Crippen LogP contribution in [0.15, 0.2) is 72.8 Å². The number of rotatable bonds is 14. The number of para-hydroxylation sites is 1. The molecule has 1 fully saturated rings. The summed E-state index contributed by atoms with van der Waals surface area (Å²) in [5.41, 5.74) is 5.15. The van der Waals surface area contributed by atoms with Gasteiger partial charge in [0.15, 0.2) is 0 Å². The molecule has 5 nitrogen and oxygen atoms in total. The average molecular weight is 578 g/mol. The lowest BCUT2D eigenvalue weighted by Crippen LogP contribution is -2.41. The van der Waals surface area contributed by atoms with Crippen molar-refractivity contribution >= 4 is 23.5 Å². The van der Waals surface area contributed by atoms with Crippen LogP contribution in [0.1, 0.15) is 122 Å². The van der Waals surface area contributed by atoms with Crippen molar-refractivity contribution in [3.63, 3.8) is 0 Å². The fraction of sp³-hybridized carbons (Fsp3) is 0.447. The summed E-state index contributed by atoms with van der Waals surface area (Å²) < 4.78 is 5.67. The van der Waals surface area contributed by atoms with Gasteiger partial charge < -0.3 is 4.74 Å². The summed E-state index contributed by atoms with van der Waals surface area (Å²) in [6, 6.07) is 23.3. The Morgan fingerprint density at radius 2 is 1.02 bits per heavy atom. The number of nitrogens with zero attached hydrogens (tertiary/aromatic N) is 1. The topological polar surface area (TPSA) is 63.7 Å². The van der Waals surface area contributed by atoms with Gasteiger partial charge in [-0.15, -0.1) is 0 Å². The normalized spacial score (nSPS) is 21.5.